The van der Waals surface area contributed by atoms with Gasteiger partial charge in [0.2, 0.25) is 5.95 Å². The summed E-state index contributed by atoms with van der Waals surface area (Å²) in [5.74, 6) is 0.0974. The van der Waals surface area contributed by atoms with Crippen LogP contribution in [0.2, 0.25) is 0 Å². The Labute approximate surface area is 131 Å². The average Bonchev–Trinajstić information content (AvgIpc) is 2.57. The summed E-state index contributed by atoms with van der Waals surface area (Å²) in [6, 6.07) is 12.3. The fourth-order valence-electron chi connectivity index (χ4n) is 1.94. The minimum absolute atomic E-state index is 0.244. The molecule has 23 heavy (non-hydrogen) atoms. The van der Waals surface area contributed by atoms with Gasteiger partial charge in [0.05, 0.1) is 6.20 Å². The van der Waals surface area contributed by atoms with E-state index in [0.717, 1.165) is 0 Å². The Bertz CT molecular complexity index is 792. The standard InChI is InChI=1S/C16H13F2N5/c17-12-5-7-13(8-6-12)21-15-10-20-23-16(22-15)19-9-11-3-1-2-4-14(11)18/h1-8,10H,9H2,(H2,19,21,22,23). The van der Waals surface area contributed by atoms with Gasteiger partial charge in [0.1, 0.15) is 11.6 Å². The minimum atomic E-state index is -0.316. The summed E-state index contributed by atoms with van der Waals surface area (Å²) in [7, 11) is 0. The van der Waals surface area contributed by atoms with E-state index in [4.69, 9.17) is 0 Å². The molecule has 0 saturated carbocycles. The predicted molar refractivity (Wildman–Crippen MR) is 83.2 cm³/mol. The number of aromatic nitrogens is 3. The molecule has 0 fully saturated rings. The van der Waals surface area contributed by atoms with Gasteiger partial charge in [-0.15, -0.1) is 5.10 Å². The van der Waals surface area contributed by atoms with Gasteiger partial charge in [-0.2, -0.15) is 10.1 Å². The van der Waals surface area contributed by atoms with Gasteiger partial charge >= 0.3 is 0 Å². The number of halogens is 2. The van der Waals surface area contributed by atoms with Crippen LogP contribution in [0.3, 0.4) is 0 Å². The van der Waals surface area contributed by atoms with Crippen LogP contribution in [0.15, 0.2) is 54.7 Å². The van der Waals surface area contributed by atoms with Gasteiger partial charge in [0.15, 0.2) is 5.82 Å². The molecule has 0 aliphatic heterocycles. The van der Waals surface area contributed by atoms with Crippen molar-refractivity contribution in [3.8, 4) is 0 Å². The third-order valence-electron chi connectivity index (χ3n) is 3.07. The van der Waals surface area contributed by atoms with Crippen molar-refractivity contribution in [1.82, 2.24) is 15.2 Å². The monoisotopic (exact) mass is 313 g/mol. The van der Waals surface area contributed by atoms with Gasteiger partial charge in [-0.25, -0.2) is 8.78 Å². The van der Waals surface area contributed by atoms with Crippen molar-refractivity contribution >= 4 is 17.5 Å². The lowest BCUT2D eigenvalue weighted by Crippen LogP contribution is -2.07. The zero-order chi connectivity index (χ0) is 16.1. The third kappa shape index (κ3) is 3.97. The topological polar surface area (TPSA) is 62.7 Å². The highest BCUT2D eigenvalue weighted by Crippen LogP contribution is 2.15. The van der Waals surface area contributed by atoms with E-state index >= 15 is 0 Å². The molecule has 2 N–H and O–H groups in total. The lowest BCUT2D eigenvalue weighted by molar-refractivity contribution is 0.612. The van der Waals surface area contributed by atoms with Crippen molar-refractivity contribution in [2.45, 2.75) is 6.54 Å². The number of hydrogen-bond acceptors (Lipinski definition) is 5. The van der Waals surface area contributed by atoms with Gasteiger partial charge in [0, 0.05) is 17.8 Å². The van der Waals surface area contributed by atoms with Crippen molar-refractivity contribution in [2.75, 3.05) is 10.6 Å². The smallest absolute Gasteiger partial charge is 0.244 e. The quantitative estimate of drug-likeness (QED) is 0.755. The SMILES string of the molecule is Fc1ccc(Nc2cnnc(NCc3ccccc3F)n2)cc1. The Balaban J connectivity index is 1.67. The van der Waals surface area contributed by atoms with Gasteiger partial charge in [0.25, 0.3) is 0 Å². The molecular weight excluding hydrogens is 300 g/mol. The number of nitrogens with one attached hydrogen (secondary N) is 2. The zero-order valence-electron chi connectivity index (χ0n) is 12.0. The Kier molecular flexibility index (Phi) is 4.37. The van der Waals surface area contributed by atoms with Crippen LogP contribution in [0.25, 0.3) is 0 Å². The van der Waals surface area contributed by atoms with Crippen LogP contribution in [-0.2, 0) is 6.54 Å². The van der Waals surface area contributed by atoms with Crippen molar-refractivity contribution < 1.29 is 8.78 Å². The van der Waals surface area contributed by atoms with Gasteiger partial charge < -0.3 is 10.6 Å². The second-order valence-corrected chi connectivity index (χ2v) is 4.74. The first-order valence-corrected chi connectivity index (χ1v) is 6.90. The van der Waals surface area contributed by atoms with E-state index in [1.807, 2.05) is 0 Å². The fraction of sp³-hybridized carbons (Fsp3) is 0.0625. The highest BCUT2D eigenvalue weighted by atomic mass is 19.1. The van der Waals surface area contributed by atoms with Crippen LogP contribution in [0.5, 0.6) is 0 Å². The summed E-state index contributed by atoms with van der Waals surface area (Å²) in [6.07, 6.45) is 1.44. The highest BCUT2D eigenvalue weighted by Gasteiger charge is 2.04. The average molecular weight is 313 g/mol. The number of rotatable bonds is 5. The van der Waals surface area contributed by atoms with E-state index in [2.05, 4.69) is 25.8 Å². The van der Waals surface area contributed by atoms with Crippen molar-refractivity contribution in [2.24, 2.45) is 0 Å². The molecular formula is C16H13F2N5. The molecule has 0 saturated heterocycles. The maximum atomic E-state index is 13.6. The Hall–Kier alpha value is -3.09. The number of hydrogen-bond donors (Lipinski definition) is 2. The van der Waals surface area contributed by atoms with Gasteiger partial charge in [-0.3, -0.25) is 0 Å². The summed E-state index contributed by atoms with van der Waals surface area (Å²) >= 11 is 0. The van der Waals surface area contributed by atoms with Crippen LogP contribution in [0.4, 0.5) is 26.2 Å². The maximum absolute atomic E-state index is 13.6. The summed E-state index contributed by atoms with van der Waals surface area (Å²) in [5, 5.41) is 13.6. The second kappa shape index (κ2) is 6.78. The molecule has 0 bridgehead atoms. The first-order valence-electron chi connectivity index (χ1n) is 6.90. The third-order valence-corrected chi connectivity index (χ3v) is 3.07. The Morgan fingerprint density at radius 3 is 2.52 bits per heavy atom. The van der Waals surface area contributed by atoms with Crippen molar-refractivity contribution in [1.29, 1.82) is 0 Å². The van der Waals surface area contributed by atoms with Gasteiger partial charge in [-0.05, 0) is 30.3 Å². The van der Waals surface area contributed by atoms with Crippen molar-refractivity contribution in [3.05, 3.63) is 71.9 Å². The molecule has 116 valence electrons. The normalized spacial score (nSPS) is 10.3. The first-order chi connectivity index (χ1) is 11.2. The van der Waals surface area contributed by atoms with E-state index < -0.39 is 0 Å². The molecule has 2 aromatic carbocycles. The molecule has 0 amide bonds. The van der Waals surface area contributed by atoms with Crippen LogP contribution in [0, 0.1) is 11.6 Å². The highest BCUT2D eigenvalue weighted by molar-refractivity contribution is 5.55. The van der Waals surface area contributed by atoms with E-state index in [9.17, 15) is 8.78 Å². The maximum Gasteiger partial charge on any atom is 0.244 e. The van der Waals surface area contributed by atoms with Crippen molar-refractivity contribution in [3.63, 3.8) is 0 Å². The summed E-state index contributed by atoms with van der Waals surface area (Å²) < 4.78 is 26.4. The molecule has 0 aliphatic carbocycles. The molecule has 1 heterocycles. The molecule has 1 aromatic heterocycles. The molecule has 0 spiro atoms. The molecule has 3 aromatic rings. The van der Waals surface area contributed by atoms with Crippen LogP contribution < -0.4 is 10.6 Å². The number of benzene rings is 2. The molecule has 0 unspecified atom stereocenters. The second-order valence-electron chi connectivity index (χ2n) is 4.74. The summed E-state index contributed by atoms with van der Waals surface area (Å²) in [5.41, 5.74) is 1.18. The minimum Gasteiger partial charge on any atom is -0.349 e. The number of anilines is 3. The lowest BCUT2D eigenvalue weighted by Gasteiger charge is -2.08. The largest absolute Gasteiger partial charge is 0.349 e. The molecule has 0 radical (unpaired) electrons. The van der Waals surface area contributed by atoms with Crippen LogP contribution in [0.1, 0.15) is 5.56 Å². The van der Waals surface area contributed by atoms with E-state index in [1.165, 1.54) is 24.4 Å². The zero-order valence-corrected chi connectivity index (χ0v) is 12.0. The molecule has 0 atom stereocenters. The van der Waals surface area contributed by atoms with E-state index in [-0.39, 0.29) is 24.1 Å². The predicted octanol–water partition coefficient (Wildman–Crippen LogP) is 3.51. The summed E-state index contributed by atoms with van der Waals surface area (Å²) in [4.78, 5) is 4.22. The Morgan fingerprint density at radius 1 is 0.957 bits per heavy atom. The molecule has 3 rings (SSSR count). The molecule has 7 heteroatoms. The van der Waals surface area contributed by atoms with Gasteiger partial charge in [-0.1, -0.05) is 18.2 Å². The van der Waals surface area contributed by atoms with E-state index in [1.54, 1.807) is 30.3 Å². The van der Waals surface area contributed by atoms with E-state index in [0.29, 0.717) is 17.1 Å². The Morgan fingerprint density at radius 2 is 1.74 bits per heavy atom. The first kappa shape index (κ1) is 14.8. The van der Waals surface area contributed by atoms with Crippen LogP contribution >= 0.6 is 0 Å². The fourth-order valence-corrected chi connectivity index (χ4v) is 1.94. The molecule has 0 aliphatic rings. The summed E-state index contributed by atoms with van der Waals surface area (Å²) in [6.45, 7) is 0.244. The molecule has 5 nitrogen and oxygen atoms in total. The van der Waals surface area contributed by atoms with Crippen LogP contribution in [-0.4, -0.2) is 15.2 Å². The lowest BCUT2D eigenvalue weighted by atomic mass is 10.2. The number of nitrogens with zero attached hydrogens (tertiary/aromatic N) is 3.